The zero-order chi connectivity index (χ0) is 20.9. The van der Waals surface area contributed by atoms with Crippen LogP contribution in [0.5, 0.6) is 0 Å². The largest absolute Gasteiger partial charge is 0.382 e. The van der Waals surface area contributed by atoms with E-state index < -0.39 is 6.29 Å². The molecule has 28 heavy (non-hydrogen) atoms. The van der Waals surface area contributed by atoms with Gasteiger partial charge in [-0.2, -0.15) is 0 Å². The van der Waals surface area contributed by atoms with E-state index in [1.54, 1.807) is 28.4 Å². The minimum atomic E-state index is -0.428. The first-order chi connectivity index (χ1) is 13.5. The number of hydrogen-bond acceptors (Lipinski definition) is 9. The van der Waals surface area contributed by atoms with Crippen molar-refractivity contribution < 1.29 is 28.4 Å². The molecule has 0 fully saturated rings. The first-order valence-electron chi connectivity index (χ1n) is 9.52. The van der Waals surface area contributed by atoms with Crippen molar-refractivity contribution in [1.82, 2.24) is 14.9 Å². The quantitative estimate of drug-likeness (QED) is 0.326. The Morgan fingerprint density at radius 1 is 0.821 bits per heavy atom. The van der Waals surface area contributed by atoms with E-state index in [1.165, 1.54) is 0 Å². The first-order valence-corrected chi connectivity index (χ1v) is 9.52. The summed E-state index contributed by atoms with van der Waals surface area (Å²) in [5.41, 5.74) is 3.41. The molecule has 3 unspecified atom stereocenters. The van der Waals surface area contributed by atoms with Gasteiger partial charge in [-0.25, -0.2) is 4.68 Å². The van der Waals surface area contributed by atoms with Crippen LogP contribution in [0.3, 0.4) is 0 Å². The van der Waals surface area contributed by atoms with Crippen LogP contribution >= 0.6 is 0 Å². The highest BCUT2D eigenvalue weighted by Crippen LogP contribution is 2.21. The predicted molar refractivity (Wildman–Crippen MR) is 104 cm³/mol. The third-order valence-electron chi connectivity index (χ3n) is 4.28. The van der Waals surface area contributed by atoms with Crippen molar-refractivity contribution in [1.29, 1.82) is 0 Å². The van der Waals surface area contributed by atoms with E-state index in [0.717, 1.165) is 6.42 Å². The smallest absolute Gasteiger partial charge is 0.180 e. The maximum Gasteiger partial charge on any atom is 0.180 e. The van der Waals surface area contributed by atoms with Crippen molar-refractivity contribution in [2.75, 3.05) is 60.3 Å². The van der Waals surface area contributed by atoms with Crippen molar-refractivity contribution in [3.8, 4) is 0 Å². The van der Waals surface area contributed by atoms with Crippen LogP contribution in [0.25, 0.3) is 0 Å². The van der Waals surface area contributed by atoms with Gasteiger partial charge in [-0.15, -0.1) is 10.2 Å². The molecule has 164 valence electrons. The van der Waals surface area contributed by atoms with Gasteiger partial charge in [0.1, 0.15) is 12.2 Å². The fourth-order valence-corrected chi connectivity index (χ4v) is 2.67. The number of aromatic nitrogens is 3. The van der Waals surface area contributed by atoms with E-state index in [-0.39, 0.29) is 18.2 Å². The Kier molecular flexibility index (Phi) is 12.2. The highest BCUT2D eigenvalue weighted by Gasteiger charge is 2.27. The van der Waals surface area contributed by atoms with Crippen molar-refractivity contribution in [3.63, 3.8) is 0 Å². The van der Waals surface area contributed by atoms with Gasteiger partial charge in [0, 0.05) is 28.4 Å². The summed E-state index contributed by atoms with van der Waals surface area (Å²) in [4.78, 5) is 0. The number of nitrogens with zero attached hydrogens (tertiary/aromatic N) is 3. The molecule has 0 aliphatic carbocycles. The third kappa shape index (κ3) is 7.26. The molecule has 0 aliphatic heterocycles. The lowest BCUT2D eigenvalue weighted by atomic mass is 10.2. The molecule has 0 aromatic carbocycles. The lowest BCUT2D eigenvalue weighted by Crippen LogP contribution is -2.42. The lowest BCUT2D eigenvalue weighted by Gasteiger charge is -2.28. The second kappa shape index (κ2) is 13.8. The van der Waals surface area contributed by atoms with Gasteiger partial charge in [-0.05, 0) is 20.3 Å². The molecule has 1 aromatic heterocycles. The van der Waals surface area contributed by atoms with Gasteiger partial charge < -0.3 is 33.8 Å². The van der Waals surface area contributed by atoms with Crippen LogP contribution in [0, 0.1) is 0 Å². The van der Waals surface area contributed by atoms with Crippen LogP contribution in [-0.4, -0.2) is 82.1 Å². The molecule has 1 heterocycles. The van der Waals surface area contributed by atoms with Crippen LogP contribution in [-0.2, 0) is 28.4 Å². The van der Waals surface area contributed by atoms with E-state index in [9.17, 15) is 0 Å². The van der Waals surface area contributed by atoms with Gasteiger partial charge in [0.05, 0.1) is 32.5 Å². The Hall–Kier alpha value is -1.30. The van der Waals surface area contributed by atoms with Gasteiger partial charge >= 0.3 is 0 Å². The van der Waals surface area contributed by atoms with E-state index >= 15 is 0 Å². The number of methoxy groups -OCH3 is 4. The fourth-order valence-electron chi connectivity index (χ4n) is 2.67. The molecule has 0 amide bonds. The second-order valence-electron chi connectivity index (χ2n) is 6.25. The molecular formula is C18H36N4O6. The molecule has 1 aromatic rings. The summed E-state index contributed by atoms with van der Waals surface area (Å²) in [7, 11) is 6.49. The van der Waals surface area contributed by atoms with Crippen LogP contribution < -0.4 is 5.43 Å². The van der Waals surface area contributed by atoms with E-state index in [0.29, 0.717) is 38.1 Å². The topological polar surface area (TPSA) is 98.1 Å². The number of rotatable bonds is 16. The number of hydrogen-bond donors (Lipinski definition) is 1. The van der Waals surface area contributed by atoms with Gasteiger partial charge in [0.2, 0.25) is 0 Å². The van der Waals surface area contributed by atoms with E-state index in [4.69, 9.17) is 28.4 Å². The number of nitrogens with one attached hydrogen (secondary N) is 1. The zero-order valence-electron chi connectivity index (χ0n) is 18.1. The molecule has 0 bridgehead atoms. The highest BCUT2D eigenvalue weighted by atomic mass is 16.7. The second-order valence-corrected chi connectivity index (χ2v) is 6.25. The Morgan fingerprint density at radius 3 is 1.64 bits per heavy atom. The summed E-state index contributed by atoms with van der Waals surface area (Å²) in [6, 6.07) is -0.124. The average molecular weight is 405 g/mol. The summed E-state index contributed by atoms with van der Waals surface area (Å²) >= 11 is 0. The van der Waals surface area contributed by atoms with Crippen LogP contribution in [0.15, 0.2) is 0 Å². The maximum absolute atomic E-state index is 5.82. The van der Waals surface area contributed by atoms with Gasteiger partial charge in [-0.3, -0.25) is 0 Å². The SMILES string of the molecule is CCC(Nn1c(C(C)OCCOC)nnc1C(C)OCCOC)C(OC)OC. The Balaban J connectivity index is 3.08. The normalized spacial score (nSPS) is 15.0. The molecule has 1 rings (SSSR count). The molecule has 3 atom stereocenters. The summed E-state index contributed by atoms with van der Waals surface area (Å²) in [5.74, 6) is 1.27. The Bertz CT molecular complexity index is 493. The minimum absolute atomic E-state index is 0.124. The number of ether oxygens (including phenoxy) is 6. The van der Waals surface area contributed by atoms with Crippen molar-refractivity contribution in [2.45, 2.75) is 51.7 Å². The maximum atomic E-state index is 5.82. The van der Waals surface area contributed by atoms with Gasteiger partial charge in [0.25, 0.3) is 0 Å². The van der Waals surface area contributed by atoms with Gasteiger partial charge in [-0.1, -0.05) is 6.92 Å². The van der Waals surface area contributed by atoms with Crippen LogP contribution in [0.4, 0.5) is 0 Å². The van der Waals surface area contributed by atoms with Crippen LogP contribution in [0.1, 0.15) is 51.0 Å². The summed E-state index contributed by atoms with van der Waals surface area (Å²) in [6.45, 7) is 7.80. The molecule has 0 spiro atoms. The first kappa shape index (κ1) is 24.7. The van der Waals surface area contributed by atoms with Crippen LogP contribution in [0.2, 0.25) is 0 Å². The standard InChI is InChI=1S/C18H36N4O6/c1-8-15(18(25-6)26-7)21-22-16(13(2)27-11-9-23-4)19-20-17(22)14(3)28-12-10-24-5/h13-15,18,21H,8-12H2,1-7H3. The molecule has 0 aliphatic rings. The summed E-state index contributed by atoms with van der Waals surface area (Å²) in [5, 5.41) is 8.67. The molecule has 10 heteroatoms. The summed E-state index contributed by atoms with van der Waals surface area (Å²) < 4.78 is 34.4. The molecular weight excluding hydrogens is 368 g/mol. The molecule has 0 saturated heterocycles. The summed E-state index contributed by atoms with van der Waals surface area (Å²) in [6.07, 6.45) is -0.254. The van der Waals surface area contributed by atoms with Gasteiger partial charge in [0.15, 0.2) is 17.9 Å². The predicted octanol–water partition coefficient (Wildman–Crippen LogP) is 1.67. The fraction of sp³-hybridized carbons (Fsp3) is 0.889. The zero-order valence-corrected chi connectivity index (χ0v) is 18.1. The van der Waals surface area contributed by atoms with E-state index in [1.807, 2.05) is 25.4 Å². The molecule has 0 saturated carbocycles. The van der Waals surface area contributed by atoms with Crippen molar-refractivity contribution in [3.05, 3.63) is 11.6 Å². The lowest BCUT2D eigenvalue weighted by molar-refractivity contribution is -0.114. The highest BCUT2D eigenvalue weighted by molar-refractivity contribution is 5.06. The minimum Gasteiger partial charge on any atom is -0.382 e. The monoisotopic (exact) mass is 404 g/mol. The molecule has 0 radical (unpaired) electrons. The van der Waals surface area contributed by atoms with Crippen molar-refractivity contribution >= 4 is 0 Å². The molecule has 10 nitrogen and oxygen atoms in total. The molecule has 1 N–H and O–H groups in total. The Morgan fingerprint density at radius 2 is 1.29 bits per heavy atom. The Labute approximate surface area is 167 Å². The third-order valence-corrected chi connectivity index (χ3v) is 4.28. The van der Waals surface area contributed by atoms with Crippen molar-refractivity contribution in [2.24, 2.45) is 0 Å². The average Bonchev–Trinajstić information content (AvgIpc) is 3.12. The van der Waals surface area contributed by atoms with E-state index in [2.05, 4.69) is 15.6 Å².